The van der Waals surface area contributed by atoms with Crippen LogP contribution in [-0.2, 0) is 27.3 Å². The fourth-order valence-corrected chi connectivity index (χ4v) is 2.77. The van der Waals surface area contributed by atoms with Gasteiger partial charge in [-0.2, -0.15) is 0 Å². The summed E-state index contributed by atoms with van der Waals surface area (Å²) in [6.07, 6.45) is 0.782. The summed E-state index contributed by atoms with van der Waals surface area (Å²) in [7, 11) is 0. The molecule has 1 aromatic heterocycles. The highest BCUT2D eigenvalue weighted by Gasteiger charge is 2.18. The molecule has 0 spiro atoms. The zero-order valence-corrected chi connectivity index (χ0v) is 15.8. The van der Waals surface area contributed by atoms with E-state index in [0.29, 0.717) is 23.9 Å². The Labute approximate surface area is 166 Å². The summed E-state index contributed by atoms with van der Waals surface area (Å²) in [4.78, 5) is 40.7. The van der Waals surface area contributed by atoms with Crippen LogP contribution in [-0.4, -0.2) is 34.1 Å². The molecule has 0 radical (unpaired) electrons. The smallest absolute Gasteiger partial charge is 0.326 e. The van der Waals surface area contributed by atoms with E-state index in [0.717, 1.165) is 10.1 Å². The van der Waals surface area contributed by atoms with E-state index < -0.39 is 18.0 Å². The average molecular weight is 397 g/mol. The van der Waals surface area contributed by atoms with Crippen molar-refractivity contribution in [3.05, 3.63) is 76.6 Å². The van der Waals surface area contributed by atoms with Crippen molar-refractivity contribution in [2.75, 3.05) is 6.54 Å². The maximum atomic E-state index is 12.9. The number of carbonyl (C=O) groups is 2. The van der Waals surface area contributed by atoms with E-state index in [4.69, 9.17) is 4.74 Å². The van der Waals surface area contributed by atoms with Gasteiger partial charge in [0.25, 0.3) is 11.5 Å². The molecule has 8 heteroatoms. The zero-order chi connectivity index (χ0) is 20.8. The number of halogens is 1. The van der Waals surface area contributed by atoms with Crippen molar-refractivity contribution < 1.29 is 18.7 Å². The molecule has 1 atom stereocenters. The summed E-state index contributed by atoms with van der Waals surface area (Å²) >= 11 is 0. The molecule has 29 heavy (non-hydrogen) atoms. The average Bonchev–Trinajstić information content (AvgIpc) is 2.71. The number of hydrogen-bond donors (Lipinski definition) is 1. The second-order valence-corrected chi connectivity index (χ2v) is 6.49. The van der Waals surface area contributed by atoms with Crippen LogP contribution in [0.25, 0.3) is 10.9 Å². The minimum absolute atomic E-state index is 0.320. The monoisotopic (exact) mass is 397 g/mol. The van der Waals surface area contributed by atoms with E-state index in [1.807, 2.05) is 0 Å². The molecule has 0 saturated heterocycles. The first-order chi connectivity index (χ1) is 13.9. The lowest BCUT2D eigenvalue weighted by atomic mass is 10.1. The number of nitrogens with zero attached hydrogens (tertiary/aromatic N) is 2. The predicted molar refractivity (Wildman–Crippen MR) is 105 cm³/mol. The lowest BCUT2D eigenvalue weighted by Crippen LogP contribution is -2.38. The first-order valence-corrected chi connectivity index (χ1v) is 9.10. The molecule has 7 nitrogen and oxygen atoms in total. The molecule has 0 aliphatic carbocycles. The van der Waals surface area contributed by atoms with E-state index >= 15 is 0 Å². The van der Waals surface area contributed by atoms with Gasteiger partial charge in [0.15, 0.2) is 6.10 Å². The summed E-state index contributed by atoms with van der Waals surface area (Å²) < 4.78 is 19.1. The Bertz CT molecular complexity index is 1080. The Hall–Kier alpha value is -3.55. The van der Waals surface area contributed by atoms with Crippen LogP contribution < -0.4 is 10.9 Å². The van der Waals surface area contributed by atoms with Crippen LogP contribution in [0.2, 0.25) is 0 Å². The number of fused-ring (bicyclic) bond motifs is 1. The number of benzene rings is 2. The molecule has 1 unspecified atom stereocenters. The lowest BCUT2D eigenvalue weighted by Gasteiger charge is -2.14. The summed E-state index contributed by atoms with van der Waals surface area (Å²) in [6.45, 7) is 1.43. The maximum absolute atomic E-state index is 12.9. The molecule has 0 aliphatic heterocycles. The molecular weight excluding hydrogens is 377 g/mol. The van der Waals surface area contributed by atoms with Gasteiger partial charge in [-0.1, -0.05) is 24.3 Å². The maximum Gasteiger partial charge on any atom is 0.326 e. The van der Waals surface area contributed by atoms with E-state index in [1.165, 1.54) is 25.4 Å². The normalized spacial score (nSPS) is 11.8. The highest BCUT2D eigenvalue weighted by Crippen LogP contribution is 2.05. The van der Waals surface area contributed by atoms with Gasteiger partial charge in [0.1, 0.15) is 12.4 Å². The molecule has 2 aromatic carbocycles. The van der Waals surface area contributed by atoms with Gasteiger partial charge < -0.3 is 10.1 Å². The number of ether oxygens (including phenoxy) is 1. The molecule has 0 aliphatic rings. The fraction of sp³-hybridized carbons (Fsp3) is 0.238. The van der Waals surface area contributed by atoms with Crippen molar-refractivity contribution in [3.8, 4) is 0 Å². The minimum Gasteiger partial charge on any atom is -0.451 e. The fourth-order valence-electron chi connectivity index (χ4n) is 2.77. The van der Waals surface area contributed by atoms with Crippen molar-refractivity contribution in [1.82, 2.24) is 14.9 Å². The highest BCUT2D eigenvalue weighted by atomic mass is 19.1. The number of aromatic nitrogens is 2. The second kappa shape index (κ2) is 9.09. The van der Waals surface area contributed by atoms with Crippen molar-refractivity contribution in [1.29, 1.82) is 0 Å². The summed E-state index contributed by atoms with van der Waals surface area (Å²) in [6, 6.07) is 12.8. The molecule has 150 valence electrons. The standard InChI is InChI=1S/C21H20FN3O4/c1-14(20(27)23-11-10-15-6-8-16(22)9-7-15)29-19(26)12-25-13-24-18-5-3-2-4-17(18)21(25)28/h2-9,13-14H,10-12H2,1H3,(H,23,27). The predicted octanol–water partition coefficient (Wildman–Crippen LogP) is 1.83. The van der Waals surface area contributed by atoms with Gasteiger partial charge in [0, 0.05) is 6.54 Å². The van der Waals surface area contributed by atoms with Crippen molar-refractivity contribution >= 4 is 22.8 Å². The molecule has 1 N–H and O–H groups in total. The van der Waals surface area contributed by atoms with Gasteiger partial charge in [0.05, 0.1) is 17.2 Å². The summed E-state index contributed by atoms with van der Waals surface area (Å²) in [5.41, 5.74) is 1.06. The molecule has 1 amide bonds. The number of rotatable bonds is 7. The van der Waals surface area contributed by atoms with Crippen molar-refractivity contribution in [2.24, 2.45) is 0 Å². The SMILES string of the molecule is CC(OC(=O)Cn1cnc2ccccc2c1=O)C(=O)NCCc1ccc(F)cc1. The minimum atomic E-state index is -1.01. The Kier molecular flexibility index (Phi) is 6.33. The van der Waals surface area contributed by atoms with Crippen LogP contribution in [0.15, 0.2) is 59.7 Å². The first-order valence-electron chi connectivity index (χ1n) is 9.10. The van der Waals surface area contributed by atoms with Crippen LogP contribution in [0.4, 0.5) is 4.39 Å². The van der Waals surface area contributed by atoms with E-state index in [1.54, 1.807) is 36.4 Å². The number of hydrogen-bond acceptors (Lipinski definition) is 5. The van der Waals surface area contributed by atoms with Crippen LogP contribution in [0.1, 0.15) is 12.5 Å². The molecule has 3 rings (SSSR count). The van der Waals surface area contributed by atoms with E-state index in [2.05, 4.69) is 10.3 Å². The van der Waals surface area contributed by atoms with Crippen LogP contribution in [0.5, 0.6) is 0 Å². The molecular formula is C21H20FN3O4. The third kappa shape index (κ3) is 5.25. The highest BCUT2D eigenvalue weighted by molar-refractivity contribution is 5.83. The van der Waals surface area contributed by atoms with Gasteiger partial charge in [-0.3, -0.25) is 19.0 Å². The van der Waals surface area contributed by atoms with Gasteiger partial charge in [0.2, 0.25) is 0 Å². The molecule has 0 bridgehead atoms. The Morgan fingerprint density at radius 1 is 1.17 bits per heavy atom. The van der Waals surface area contributed by atoms with Crippen LogP contribution in [0, 0.1) is 5.82 Å². The first kappa shape index (κ1) is 20.2. The molecule has 3 aromatic rings. The van der Waals surface area contributed by atoms with Gasteiger partial charge in [-0.15, -0.1) is 0 Å². The summed E-state index contributed by atoms with van der Waals surface area (Å²) in [5.74, 6) is -1.49. The Morgan fingerprint density at radius 2 is 1.90 bits per heavy atom. The van der Waals surface area contributed by atoms with Crippen LogP contribution in [0.3, 0.4) is 0 Å². The Morgan fingerprint density at radius 3 is 2.66 bits per heavy atom. The molecule has 0 fully saturated rings. The van der Waals surface area contributed by atoms with E-state index in [-0.39, 0.29) is 17.9 Å². The number of carbonyl (C=O) groups excluding carboxylic acids is 2. The second-order valence-electron chi connectivity index (χ2n) is 6.49. The molecule has 0 saturated carbocycles. The van der Waals surface area contributed by atoms with E-state index in [9.17, 15) is 18.8 Å². The third-order valence-electron chi connectivity index (χ3n) is 4.33. The zero-order valence-electron chi connectivity index (χ0n) is 15.8. The lowest BCUT2D eigenvalue weighted by molar-refractivity contribution is -0.155. The number of nitrogens with one attached hydrogen (secondary N) is 1. The quantitative estimate of drug-likeness (QED) is 0.615. The largest absolute Gasteiger partial charge is 0.451 e. The molecule has 1 heterocycles. The van der Waals surface area contributed by atoms with Gasteiger partial charge in [-0.05, 0) is 43.2 Å². The number of para-hydroxylation sites is 1. The van der Waals surface area contributed by atoms with Gasteiger partial charge >= 0.3 is 5.97 Å². The van der Waals surface area contributed by atoms with Crippen molar-refractivity contribution in [2.45, 2.75) is 26.0 Å². The number of esters is 1. The van der Waals surface area contributed by atoms with Gasteiger partial charge in [-0.25, -0.2) is 9.37 Å². The topological polar surface area (TPSA) is 90.3 Å². The Balaban J connectivity index is 1.50. The summed E-state index contributed by atoms with van der Waals surface area (Å²) in [5, 5.41) is 3.06. The van der Waals surface area contributed by atoms with Crippen LogP contribution >= 0.6 is 0 Å². The number of amides is 1. The van der Waals surface area contributed by atoms with Crippen molar-refractivity contribution in [3.63, 3.8) is 0 Å². The third-order valence-corrected chi connectivity index (χ3v) is 4.33.